The number of hydrogen-bond donors (Lipinski definition) is 1. The maximum Gasteiger partial charge on any atom is 0.340 e. The number of rotatable bonds is 5. The van der Waals surface area contributed by atoms with Crippen molar-refractivity contribution >= 4 is 5.97 Å². The van der Waals surface area contributed by atoms with E-state index in [2.05, 4.69) is 4.98 Å². The van der Waals surface area contributed by atoms with Crippen LogP contribution in [-0.2, 0) is 4.74 Å². The molecule has 1 aromatic heterocycles. The first kappa shape index (κ1) is 13.4. The molecule has 2 N–H and O–H groups in total. The first-order valence-corrected chi connectivity index (χ1v) is 5.56. The van der Waals surface area contributed by atoms with Crippen LogP contribution in [0.1, 0.15) is 29.9 Å². The number of esters is 1. The molecule has 5 nitrogen and oxygen atoms in total. The lowest BCUT2D eigenvalue weighted by Crippen LogP contribution is -2.23. The molecule has 0 fully saturated rings. The summed E-state index contributed by atoms with van der Waals surface area (Å²) < 4.78 is 10.3. The molecule has 0 bridgehead atoms. The molecule has 0 saturated heterocycles. The van der Waals surface area contributed by atoms with Gasteiger partial charge in [-0.2, -0.15) is 0 Å². The minimum Gasteiger partial charge on any atom is -0.490 e. The molecule has 17 heavy (non-hydrogen) atoms. The average molecular weight is 238 g/mol. The first-order valence-electron chi connectivity index (χ1n) is 5.56. The second-order valence-corrected chi connectivity index (χ2v) is 3.81. The van der Waals surface area contributed by atoms with E-state index in [9.17, 15) is 4.79 Å². The highest BCUT2D eigenvalue weighted by Crippen LogP contribution is 2.16. The van der Waals surface area contributed by atoms with E-state index in [-0.39, 0.29) is 12.0 Å². The van der Waals surface area contributed by atoms with E-state index in [0.717, 1.165) is 0 Å². The van der Waals surface area contributed by atoms with Crippen LogP contribution in [0.5, 0.6) is 5.75 Å². The number of hydrogen-bond acceptors (Lipinski definition) is 5. The largest absolute Gasteiger partial charge is 0.490 e. The van der Waals surface area contributed by atoms with Crippen LogP contribution in [-0.4, -0.2) is 30.2 Å². The Bertz CT molecular complexity index is 391. The smallest absolute Gasteiger partial charge is 0.340 e. The quantitative estimate of drug-likeness (QED) is 0.782. The van der Waals surface area contributed by atoms with Gasteiger partial charge in [0.2, 0.25) is 0 Å². The highest BCUT2D eigenvalue weighted by atomic mass is 16.5. The number of carbonyl (C=O) groups excluding carboxylic acids is 1. The third-order valence-electron chi connectivity index (χ3n) is 2.07. The van der Waals surface area contributed by atoms with Crippen LogP contribution in [0, 0.1) is 6.92 Å². The zero-order valence-electron chi connectivity index (χ0n) is 10.4. The van der Waals surface area contributed by atoms with Crippen LogP contribution in [0.3, 0.4) is 0 Å². The van der Waals surface area contributed by atoms with Gasteiger partial charge >= 0.3 is 5.97 Å². The van der Waals surface area contributed by atoms with Crippen molar-refractivity contribution in [3.05, 3.63) is 23.5 Å². The molecular weight excluding hydrogens is 220 g/mol. The fourth-order valence-corrected chi connectivity index (χ4v) is 1.24. The van der Waals surface area contributed by atoms with Crippen LogP contribution in [0.4, 0.5) is 0 Å². The molecule has 0 spiro atoms. The Balaban J connectivity index is 2.82. The van der Waals surface area contributed by atoms with Gasteiger partial charge < -0.3 is 15.2 Å². The Morgan fingerprint density at radius 1 is 1.59 bits per heavy atom. The maximum absolute atomic E-state index is 11.6. The fourth-order valence-electron chi connectivity index (χ4n) is 1.24. The number of aromatic nitrogens is 1. The van der Waals surface area contributed by atoms with E-state index in [4.69, 9.17) is 15.2 Å². The molecule has 0 aliphatic rings. The van der Waals surface area contributed by atoms with Gasteiger partial charge in [0, 0.05) is 6.04 Å². The number of aryl methyl sites for hydroxylation is 1. The SMILES string of the molecule is CCOC(=O)c1cc(OCC(C)N)cnc1C. The zero-order valence-corrected chi connectivity index (χ0v) is 10.4. The summed E-state index contributed by atoms with van der Waals surface area (Å²) in [4.78, 5) is 15.7. The Hall–Kier alpha value is -1.62. The third kappa shape index (κ3) is 4.03. The van der Waals surface area contributed by atoms with E-state index in [1.807, 2.05) is 6.92 Å². The standard InChI is InChI=1S/C12H18N2O3/c1-4-16-12(15)11-5-10(6-14-9(11)3)17-7-8(2)13/h5-6,8H,4,7,13H2,1-3H3. The van der Waals surface area contributed by atoms with Crippen molar-refractivity contribution in [3.63, 3.8) is 0 Å². The average Bonchev–Trinajstić information content (AvgIpc) is 2.28. The van der Waals surface area contributed by atoms with Gasteiger partial charge in [0.25, 0.3) is 0 Å². The molecule has 0 aliphatic carbocycles. The molecule has 0 saturated carbocycles. The highest BCUT2D eigenvalue weighted by Gasteiger charge is 2.12. The zero-order chi connectivity index (χ0) is 12.8. The van der Waals surface area contributed by atoms with Gasteiger partial charge in [-0.05, 0) is 26.8 Å². The first-order chi connectivity index (χ1) is 8.04. The van der Waals surface area contributed by atoms with E-state index in [1.54, 1.807) is 26.1 Å². The molecule has 1 atom stereocenters. The molecule has 5 heteroatoms. The molecule has 0 aliphatic heterocycles. The second kappa shape index (κ2) is 6.20. The van der Waals surface area contributed by atoms with Crippen molar-refractivity contribution in [2.45, 2.75) is 26.8 Å². The second-order valence-electron chi connectivity index (χ2n) is 3.81. The summed E-state index contributed by atoms with van der Waals surface area (Å²) >= 11 is 0. The number of ether oxygens (including phenoxy) is 2. The van der Waals surface area contributed by atoms with Crippen molar-refractivity contribution in [1.82, 2.24) is 4.98 Å². The Morgan fingerprint density at radius 2 is 2.29 bits per heavy atom. The predicted molar refractivity (Wildman–Crippen MR) is 64.1 cm³/mol. The summed E-state index contributed by atoms with van der Waals surface area (Å²) in [5, 5.41) is 0. The van der Waals surface area contributed by atoms with Crippen molar-refractivity contribution in [2.24, 2.45) is 5.73 Å². The molecule has 94 valence electrons. The molecule has 0 aromatic carbocycles. The molecule has 0 amide bonds. The fraction of sp³-hybridized carbons (Fsp3) is 0.500. The number of nitrogens with zero attached hydrogens (tertiary/aromatic N) is 1. The summed E-state index contributed by atoms with van der Waals surface area (Å²) in [6.07, 6.45) is 1.57. The van der Waals surface area contributed by atoms with Crippen molar-refractivity contribution in [2.75, 3.05) is 13.2 Å². The topological polar surface area (TPSA) is 74.4 Å². The van der Waals surface area contributed by atoms with Crippen LogP contribution in [0.25, 0.3) is 0 Å². The molecule has 1 heterocycles. The van der Waals surface area contributed by atoms with E-state index < -0.39 is 0 Å². The lowest BCUT2D eigenvalue weighted by atomic mass is 10.2. The summed E-state index contributed by atoms with van der Waals surface area (Å²) in [6, 6.07) is 1.56. The van der Waals surface area contributed by atoms with Crippen molar-refractivity contribution < 1.29 is 14.3 Å². The lowest BCUT2D eigenvalue weighted by molar-refractivity contribution is 0.0524. The van der Waals surface area contributed by atoms with E-state index in [1.165, 1.54) is 0 Å². The van der Waals surface area contributed by atoms with E-state index in [0.29, 0.717) is 30.2 Å². The number of nitrogens with two attached hydrogens (primary N) is 1. The number of pyridine rings is 1. The molecule has 1 aromatic rings. The van der Waals surface area contributed by atoms with Gasteiger partial charge in [0.05, 0.1) is 24.1 Å². The van der Waals surface area contributed by atoms with Crippen molar-refractivity contribution in [3.8, 4) is 5.75 Å². The Kier molecular flexibility index (Phi) is 4.90. The predicted octanol–water partition coefficient (Wildman–Crippen LogP) is 1.29. The van der Waals surface area contributed by atoms with Crippen LogP contribution >= 0.6 is 0 Å². The summed E-state index contributed by atoms with van der Waals surface area (Å²) in [7, 11) is 0. The minimum atomic E-state index is -0.385. The van der Waals surface area contributed by atoms with Crippen LogP contribution < -0.4 is 10.5 Å². The normalized spacial score (nSPS) is 12.0. The molecule has 1 rings (SSSR count). The Labute approximate surface area is 101 Å². The third-order valence-corrected chi connectivity index (χ3v) is 2.07. The highest BCUT2D eigenvalue weighted by molar-refractivity contribution is 5.90. The Morgan fingerprint density at radius 3 is 2.88 bits per heavy atom. The molecule has 1 unspecified atom stereocenters. The summed E-state index contributed by atoms with van der Waals surface area (Å²) in [5.74, 6) is 0.139. The summed E-state index contributed by atoms with van der Waals surface area (Å²) in [5.41, 5.74) is 6.63. The lowest BCUT2D eigenvalue weighted by Gasteiger charge is -2.10. The van der Waals surface area contributed by atoms with Gasteiger partial charge in [0.15, 0.2) is 0 Å². The van der Waals surface area contributed by atoms with Crippen LogP contribution in [0.2, 0.25) is 0 Å². The van der Waals surface area contributed by atoms with E-state index >= 15 is 0 Å². The van der Waals surface area contributed by atoms with Gasteiger partial charge in [-0.25, -0.2) is 4.79 Å². The number of carbonyl (C=O) groups is 1. The van der Waals surface area contributed by atoms with Gasteiger partial charge in [-0.15, -0.1) is 0 Å². The van der Waals surface area contributed by atoms with Gasteiger partial charge in [0.1, 0.15) is 12.4 Å². The summed E-state index contributed by atoms with van der Waals surface area (Å²) in [6.45, 7) is 6.07. The molecule has 0 radical (unpaired) electrons. The van der Waals surface area contributed by atoms with Gasteiger partial charge in [-0.1, -0.05) is 0 Å². The van der Waals surface area contributed by atoms with Crippen molar-refractivity contribution in [1.29, 1.82) is 0 Å². The maximum atomic E-state index is 11.6. The monoisotopic (exact) mass is 238 g/mol. The van der Waals surface area contributed by atoms with Crippen LogP contribution in [0.15, 0.2) is 12.3 Å². The molecular formula is C12H18N2O3. The van der Waals surface area contributed by atoms with Gasteiger partial charge in [-0.3, -0.25) is 4.98 Å². The minimum absolute atomic E-state index is 0.0673.